The van der Waals surface area contributed by atoms with E-state index < -0.39 is 0 Å². The van der Waals surface area contributed by atoms with Crippen molar-refractivity contribution in [3.05, 3.63) is 28.2 Å². The molecule has 3 nitrogen and oxygen atoms in total. The van der Waals surface area contributed by atoms with Gasteiger partial charge in [-0.15, -0.1) is 0 Å². The molecule has 0 saturated carbocycles. The van der Waals surface area contributed by atoms with Crippen LogP contribution in [-0.2, 0) is 0 Å². The topological polar surface area (TPSA) is 35.5 Å². The number of benzene rings is 1. The lowest BCUT2D eigenvalue weighted by Gasteiger charge is -2.39. The molecule has 0 aromatic heterocycles. The third-order valence-electron chi connectivity index (χ3n) is 4.24. The van der Waals surface area contributed by atoms with Crippen molar-refractivity contribution < 1.29 is 5.11 Å². The molecule has 1 fully saturated rings. The van der Waals surface area contributed by atoms with Crippen LogP contribution in [-0.4, -0.2) is 35.7 Å². The van der Waals surface area contributed by atoms with E-state index in [4.69, 9.17) is 0 Å². The summed E-state index contributed by atoms with van der Waals surface area (Å²) >= 11 is 3.52. The lowest BCUT2D eigenvalue weighted by atomic mass is 9.97. The molecule has 1 aliphatic heterocycles. The third-order valence-corrected chi connectivity index (χ3v) is 4.73. The summed E-state index contributed by atoms with van der Waals surface area (Å²) in [6.45, 7) is 7.61. The minimum absolute atomic E-state index is 0.280. The summed E-state index contributed by atoms with van der Waals surface area (Å²) in [6.07, 6.45) is 3.49. The van der Waals surface area contributed by atoms with Gasteiger partial charge < -0.3 is 10.4 Å². The number of hydrogen-bond donors (Lipinski definition) is 2. The normalized spacial score (nSPS) is 21.1. The van der Waals surface area contributed by atoms with E-state index in [1.54, 1.807) is 6.07 Å². The molecule has 0 spiro atoms. The van der Waals surface area contributed by atoms with E-state index in [0.717, 1.165) is 36.1 Å². The van der Waals surface area contributed by atoms with E-state index in [0.29, 0.717) is 11.8 Å². The highest BCUT2D eigenvalue weighted by Gasteiger charge is 2.28. The Morgan fingerprint density at radius 1 is 1.45 bits per heavy atom. The Labute approximate surface area is 130 Å². The molecule has 0 radical (unpaired) electrons. The number of aromatic hydroxyl groups is 1. The van der Waals surface area contributed by atoms with Crippen LogP contribution in [0.2, 0.25) is 0 Å². The van der Waals surface area contributed by atoms with E-state index in [2.05, 4.69) is 46.1 Å². The number of piperidine rings is 1. The molecule has 1 aromatic rings. The van der Waals surface area contributed by atoms with E-state index in [1.165, 1.54) is 12.8 Å². The van der Waals surface area contributed by atoms with Crippen LogP contribution < -0.4 is 5.32 Å². The van der Waals surface area contributed by atoms with Crippen molar-refractivity contribution in [2.75, 3.05) is 19.6 Å². The largest absolute Gasteiger partial charge is 0.508 e. The highest BCUT2D eigenvalue weighted by Crippen LogP contribution is 2.35. The van der Waals surface area contributed by atoms with Crippen molar-refractivity contribution in [2.45, 2.75) is 45.2 Å². The minimum Gasteiger partial charge on any atom is -0.508 e. The van der Waals surface area contributed by atoms with Crippen molar-refractivity contribution in [3.8, 4) is 5.75 Å². The van der Waals surface area contributed by atoms with Gasteiger partial charge in [-0.3, -0.25) is 4.90 Å². The monoisotopic (exact) mass is 340 g/mol. The molecule has 0 aliphatic carbocycles. The Kier molecular flexibility index (Phi) is 5.87. The van der Waals surface area contributed by atoms with Crippen molar-refractivity contribution in [2.24, 2.45) is 0 Å². The number of hydrogen-bond acceptors (Lipinski definition) is 3. The van der Waals surface area contributed by atoms with Gasteiger partial charge in [-0.2, -0.15) is 0 Å². The maximum atomic E-state index is 10.2. The molecule has 1 aromatic carbocycles. The molecule has 2 unspecified atom stereocenters. The molecular formula is C16H25BrN2O. The van der Waals surface area contributed by atoms with Gasteiger partial charge in [0.15, 0.2) is 0 Å². The predicted molar refractivity (Wildman–Crippen MR) is 87.1 cm³/mol. The van der Waals surface area contributed by atoms with Gasteiger partial charge in [-0.05, 0) is 50.6 Å². The first-order chi connectivity index (χ1) is 9.67. The van der Waals surface area contributed by atoms with Crippen LogP contribution in [0.4, 0.5) is 0 Å². The van der Waals surface area contributed by atoms with Gasteiger partial charge in [-0.1, -0.05) is 29.8 Å². The highest BCUT2D eigenvalue weighted by molar-refractivity contribution is 9.10. The van der Waals surface area contributed by atoms with Crippen molar-refractivity contribution >= 4 is 15.9 Å². The fourth-order valence-corrected chi connectivity index (χ4v) is 3.65. The minimum atomic E-state index is 0.280. The molecule has 1 heterocycles. The second-order valence-electron chi connectivity index (χ2n) is 5.46. The first-order valence-electron chi connectivity index (χ1n) is 7.62. The number of nitrogens with one attached hydrogen (secondary N) is 1. The fourth-order valence-electron chi connectivity index (χ4n) is 3.27. The first kappa shape index (κ1) is 15.8. The fraction of sp³-hybridized carbons (Fsp3) is 0.625. The molecule has 112 valence electrons. The second kappa shape index (κ2) is 7.43. The summed E-state index contributed by atoms with van der Waals surface area (Å²) in [7, 11) is 0. The summed E-state index contributed by atoms with van der Waals surface area (Å²) in [5.41, 5.74) is 1.04. The number of rotatable bonds is 5. The molecule has 0 bridgehead atoms. The van der Waals surface area contributed by atoms with Gasteiger partial charge in [0.25, 0.3) is 0 Å². The Morgan fingerprint density at radius 3 is 2.85 bits per heavy atom. The summed E-state index contributed by atoms with van der Waals surface area (Å²) in [5.74, 6) is 0.405. The lowest BCUT2D eigenvalue weighted by Crippen LogP contribution is -2.47. The number of phenols is 1. The van der Waals surface area contributed by atoms with Crippen LogP contribution in [0.3, 0.4) is 0 Å². The maximum Gasteiger partial charge on any atom is 0.120 e. The van der Waals surface area contributed by atoms with Gasteiger partial charge in [0, 0.05) is 28.7 Å². The Morgan fingerprint density at radius 2 is 2.25 bits per heavy atom. The van der Waals surface area contributed by atoms with Crippen LogP contribution in [0.5, 0.6) is 5.75 Å². The summed E-state index contributed by atoms with van der Waals surface area (Å²) in [5, 5.41) is 13.7. The summed E-state index contributed by atoms with van der Waals surface area (Å²) < 4.78 is 1.03. The number of likely N-dealkylation sites (N-methyl/N-ethyl adjacent to an activating group) is 1. The summed E-state index contributed by atoms with van der Waals surface area (Å²) in [4.78, 5) is 2.54. The molecule has 2 N–H and O–H groups in total. The predicted octanol–water partition coefficient (Wildman–Crippen LogP) is 3.68. The molecule has 1 saturated heterocycles. The zero-order valence-corrected chi connectivity index (χ0v) is 14.0. The van der Waals surface area contributed by atoms with Crippen LogP contribution in [0.15, 0.2) is 22.7 Å². The van der Waals surface area contributed by atoms with Crippen molar-refractivity contribution in [3.63, 3.8) is 0 Å². The smallest absolute Gasteiger partial charge is 0.120 e. The highest BCUT2D eigenvalue weighted by atomic mass is 79.9. The zero-order valence-electron chi connectivity index (χ0n) is 12.4. The van der Waals surface area contributed by atoms with Gasteiger partial charge in [-0.25, -0.2) is 0 Å². The van der Waals surface area contributed by atoms with Crippen molar-refractivity contribution in [1.29, 1.82) is 0 Å². The third kappa shape index (κ3) is 3.54. The standard InChI is InChI=1S/C16H25BrN2O/c1-3-15(14-10-12(17)7-8-16(14)20)19(4-2)13-6-5-9-18-11-13/h7-8,10,13,15,18,20H,3-6,9,11H2,1-2H3. The van der Waals surface area contributed by atoms with Crippen LogP contribution in [0.25, 0.3) is 0 Å². The molecule has 1 aliphatic rings. The SMILES string of the molecule is CCC(c1cc(Br)ccc1O)N(CC)C1CCCNC1. The second-order valence-corrected chi connectivity index (χ2v) is 6.37. The van der Waals surface area contributed by atoms with Gasteiger partial charge in [0.05, 0.1) is 0 Å². The summed E-state index contributed by atoms with van der Waals surface area (Å²) in [6, 6.07) is 6.58. The van der Waals surface area contributed by atoms with E-state index in [9.17, 15) is 5.11 Å². The van der Waals surface area contributed by atoms with Crippen LogP contribution in [0, 0.1) is 0 Å². The van der Waals surface area contributed by atoms with Crippen LogP contribution in [0.1, 0.15) is 44.7 Å². The molecule has 20 heavy (non-hydrogen) atoms. The van der Waals surface area contributed by atoms with Gasteiger partial charge in [0.2, 0.25) is 0 Å². The lowest BCUT2D eigenvalue weighted by molar-refractivity contribution is 0.114. The van der Waals surface area contributed by atoms with Crippen molar-refractivity contribution in [1.82, 2.24) is 10.2 Å². The van der Waals surface area contributed by atoms with Gasteiger partial charge in [0.1, 0.15) is 5.75 Å². The Hall–Kier alpha value is -0.580. The number of phenolic OH excluding ortho intramolecular Hbond substituents is 1. The zero-order chi connectivity index (χ0) is 14.5. The first-order valence-corrected chi connectivity index (χ1v) is 8.41. The number of halogens is 1. The molecule has 4 heteroatoms. The molecular weight excluding hydrogens is 316 g/mol. The molecule has 2 atom stereocenters. The molecule has 0 amide bonds. The van der Waals surface area contributed by atoms with E-state index >= 15 is 0 Å². The average Bonchev–Trinajstić information content (AvgIpc) is 2.48. The molecule has 2 rings (SSSR count). The van der Waals surface area contributed by atoms with Gasteiger partial charge >= 0.3 is 0 Å². The average molecular weight is 341 g/mol. The quantitative estimate of drug-likeness (QED) is 0.858. The maximum absolute atomic E-state index is 10.2. The Bertz CT molecular complexity index is 432. The number of nitrogens with zero attached hydrogens (tertiary/aromatic N) is 1. The van der Waals surface area contributed by atoms with Crippen LogP contribution >= 0.6 is 15.9 Å². The van der Waals surface area contributed by atoms with E-state index in [-0.39, 0.29) is 6.04 Å². The Balaban J connectivity index is 2.26. The van der Waals surface area contributed by atoms with E-state index in [1.807, 2.05) is 6.07 Å².